The van der Waals surface area contributed by atoms with Gasteiger partial charge >= 0.3 is 5.97 Å². The second-order valence-corrected chi connectivity index (χ2v) is 7.08. The molecule has 0 aromatic heterocycles. The number of nitrogens with one attached hydrogen (secondary N) is 2. The zero-order valence-electron chi connectivity index (χ0n) is 18.9. The number of rotatable bonds is 10. The van der Waals surface area contributed by atoms with E-state index in [0.29, 0.717) is 0 Å². The maximum absolute atomic E-state index is 13.7. The van der Waals surface area contributed by atoms with Crippen LogP contribution in [-0.4, -0.2) is 43.0 Å². The fourth-order valence-electron chi connectivity index (χ4n) is 2.95. The van der Waals surface area contributed by atoms with Crippen molar-refractivity contribution in [2.45, 2.75) is 0 Å². The number of nitrogens with zero attached hydrogens (tertiary/aromatic N) is 1. The van der Waals surface area contributed by atoms with Gasteiger partial charge in [0, 0.05) is 6.07 Å². The van der Waals surface area contributed by atoms with Crippen molar-refractivity contribution in [1.29, 1.82) is 0 Å². The van der Waals surface area contributed by atoms with Gasteiger partial charge in [0.1, 0.15) is 22.9 Å². The zero-order chi connectivity index (χ0) is 26.1. The number of para-hydroxylation sites is 2. The molecule has 3 aromatic rings. The third-order valence-corrected chi connectivity index (χ3v) is 4.62. The lowest BCUT2D eigenvalue weighted by Gasteiger charge is -2.12. The molecule has 11 nitrogen and oxygen atoms in total. The molecule has 0 atom stereocenters. The summed E-state index contributed by atoms with van der Waals surface area (Å²) in [5.74, 6) is -2.82. The Morgan fingerprint density at radius 1 is 0.889 bits per heavy atom. The molecule has 0 spiro atoms. The molecule has 0 aliphatic carbocycles. The van der Waals surface area contributed by atoms with Crippen molar-refractivity contribution < 1.29 is 37.9 Å². The fourth-order valence-corrected chi connectivity index (χ4v) is 2.95. The van der Waals surface area contributed by atoms with Crippen LogP contribution in [0.1, 0.15) is 10.4 Å². The zero-order valence-corrected chi connectivity index (χ0v) is 18.9. The van der Waals surface area contributed by atoms with E-state index in [9.17, 15) is 28.9 Å². The predicted molar refractivity (Wildman–Crippen MR) is 126 cm³/mol. The highest BCUT2D eigenvalue weighted by atomic mass is 19.1. The molecule has 0 heterocycles. The Morgan fingerprint density at radius 3 is 2.28 bits per heavy atom. The van der Waals surface area contributed by atoms with Crippen LogP contribution in [0.5, 0.6) is 11.5 Å². The lowest BCUT2D eigenvalue weighted by atomic mass is 10.2. The molecule has 36 heavy (non-hydrogen) atoms. The van der Waals surface area contributed by atoms with E-state index in [2.05, 4.69) is 10.6 Å². The standard InChI is InChI=1S/C24H20FN3O8/c1-34-21-12-15(28(32)33)10-11-19(21)27-23(30)14-36-24(31)16-6-2-5-9-20(16)35-13-22(29)26-18-8-4-3-7-17(18)25/h2-12H,13-14H2,1H3,(H,26,29)(H,27,30). The van der Waals surface area contributed by atoms with E-state index in [1.807, 2.05) is 0 Å². The minimum atomic E-state index is -0.897. The number of esters is 1. The second-order valence-electron chi connectivity index (χ2n) is 7.08. The van der Waals surface area contributed by atoms with E-state index >= 15 is 0 Å². The first-order valence-electron chi connectivity index (χ1n) is 10.3. The predicted octanol–water partition coefficient (Wildman–Crippen LogP) is 3.56. The summed E-state index contributed by atoms with van der Waals surface area (Å²) in [5, 5.41) is 15.7. The van der Waals surface area contributed by atoms with Gasteiger partial charge in [-0.1, -0.05) is 24.3 Å². The Bertz CT molecular complexity index is 1300. The number of hydrogen-bond donors (Lipinski definition) is 2. The quantitative estimate of drug-likeness (QED) is 0.246. The Morgan fingerprint density at radius 2 is 1.56 bits per heavy atom. The molecule has 186 valence electrons. The van der Waals surface area contributed by atoms with Crippen LogP contribution >= 0.6 is 0 Å². The Hall–Kier alpha value is -5.00. The number of anilines is 2. The normalized spacial score (nSPS) is 10.2. The molecule has 3 aromatic carbocycles. The molecule has 2 amide bonds. The summed E-state index contributed by atoms with van der Waals surface area (Å²) in [6, 6.07) is 15.1. The average Bonchev–Trinajstić information content (AvgIpc) is 2.87. The van der Waals surface area contributed by atoms with E-state index in [-0.39, 0.29) is 34.1 Å². The Balaban J connectivity index is 1.57. The lowest BCUT2D eigenvalue weighted by molar-refractivity contribution is -0.384. The van der Waals surface area contributed by atoms with Crippen molar-refractivity contribution in [1.82, 2.24) is 0 Å². The van der Waals surface area contributed by atoms with Crippen LogP contribution in [-0.2, 0) is 14.3 Å². The van der Waals surface area contributed by atoms with E-state index in [1.165, 1.54) is 55.6 Å². The Labute approximate surface area is 203 Å². The van der Waals surface area contributed by atoms with Crippen molar-refractivity contribution in [2.24, 2.45) is 0 Å². The van der Waals surface area contributed by atoms with E-state index in [4.69, 9.17) is 14.2 Å². The first kappa shape index (κ1) is 25.6. The van der Waals surface area contributed by atoms with Gasteiger partial charge in [-0.2, -0.15) is 0 Å². The van der Waals surface area contributed by atoms with Gasteiger partial charge in [-0.15, -0.1) is 0 Å². The molecule has 0 aliphatic rings. The van der Waals surface area contributed by atoms with Gasteiger partial charge in [-0.25, -0.2) is 9.18 Å². The number of halogens is 1. The van der Waals surface area contributed by atoms with Crippen LogP contribution in [0.25, 0.3) is 0 Å². The van der Waals surface area contributed by atoms with Crippen molar-refractivity contribution in [2.75, 3.05) is 31.0 Å². The minimum Gasteiger partial charge on any atom is -0.494 e. The summed E-state index contributed by atoms with van der Waals surface area (Å²) in [6.07, 6.45) is 0. The smallest absolute Gasteiger partial charge is 0.342 e. The SMILES string of the molecule is COc1cc([N+](=O)[O-])ccc1NC(=O)COC(=O)c1ccccc1OCC(=O)Nc1ccccc1F. The third-order valence-electron chi connectivity index (χ3n) is 4.62. The summed E-state index contributed by atoms with van der Waals surface area (Å²) < 4.78 is 29.1. The van der Waals surface area contributed by atoms with Gasteiger partial charge in [0.2, 0.25) is 0 Å². The number of methoxy groups -OCH3 is 1. The number of nitro groups is 1. The Kier molecular flexibility index (Phi) is 8.49. The maximum atomic E-state index is 13.7. The van der Waals surface area contributed by atoms with Crippen LogP contribution in [0.3, 0.4) is 0 Å². The number of hydrogen-bond acceptors (Lipinski definition) is 8. The van der Waals surface area contributed by atoms with Gasteiger partial charge in [-0.05, 0) is 30.3 Å². The minimum absolute atomic E-state index is 0.0172. The molecular weight excluding hydrogens is 477 g/mol. The first-order valence-corrected chi connectivity index (χ1v) is 10.3. The van der Waals surface area contributed by atoms with Crippen molar-refractivity contribution in [3.05, 3.63) is 88.2 Å². The molecule has 0 bridgehead atoms. The van der Waals surface area contributed by atoms with Gasteiger partial charge in [0.05, 0.1) is 29.5 Å². The number of amides is 2. The summed E-state index contributed by atoms with van der Waals surface area (Å²) in [4.78, 5) is 47.1. The molecule has 12 heteroatoms. The molecule has 3 rings (SSSR count). The highest BCUT2D eigenvalue weighted by Gasteiger charge is 2.18. The second kappa shape index (κ2) is 11.9. The van der Waals surface area contributed by atoms with Crippen molar-refractivity contribution in [3.63, 3.8) is 0 Å². The first-order chi connectivity index (χ1) is 17.3. The van der Waals surface area contributed by atoms with Crippen LogP contribution in [0.2, 0.25) is 0 Å². The van der Waals surface area contributed by atoms with Crippen LogP contribution in [0.4, 0.5) is 21.5 Å². The monoisotopic (exact) mass is 497 g/mol. The lowest BCUT2D eigenvalue weighted by Crippen LogP contribution is -2.23. The fraction of sp³-hybridized carbons (Fsp3) is 0.125. The number of carbonyl (C=O) groups excluding carboxylic acids is 3. The van der Waals surface area contributed by atoms with Crippen molar-refractivity contribution >= 4 is 34.8 Å². The number of ether oxygens (including phenoxy) is 3. The molecule has 0 radical (unpaired) electrons. The maximum Gasteiger partial charge on any atom is 0.342 e. The molecule has 0 saturated carbocycles. The number of benzene rings is 3. The number of nitro benzene ring substituents is 1. The summed E-state index contributed by atoms with van der Waals surface area (Å²) in [5.41, 5.74) is -0.143. The van der Waals surface area contributed by atoms with Gasteiger partial charge in [0.25, 0.3) is 17.5 Å². The molecule has 0 unspecified atom stereocenters. The third kappa shape index (κ3) is 6.76. The highest BCUT2D eigenvalue weighted by Crippen LogP contribution is 2.29. The molecule has 2 N–H and O–H groups in total. The topological polar surface area (TPSA) is 146 Å². The van der Waals surface area contributed by atoms with Crippen LogP contribution in [0, 0.1) is 15.9 Å². The average molecular weight is 497 g/mol. The van der Waals surface area contributed by atoms with Crippen molar-refractivity contribution in [3.8, 4) is 11.5 Å². The van der Waals surface area contributed by atoms with Gasteiger partial charge < -0.3 is 24.8 Å². The van der Waals surface area contributed by atoms with Crippen LogP contribution in [0.15, 0.2) is 66.7 Å². The molecular formula is C24H20FN3O8. The number of carbonyl (C=O) groups is 3. The van der Waals surface area contributed by atoms with E-state index in [0.717, 1.165) is 6.07 Å². The summed E-state index contributed by atoms with van der Waals surface area (Å²) in [6.45, 7) is -1.19. The van der Waals surface area contributed by atoms with Crippen LogP contribution < -0.4 is 20.1 Å². The number of non-ortho nitro benzene ring substituents is 1. The summed E-state index contributed by atoms with van der Waals surface area (Å²) in [7, 11) is 1.28. The van der Waals surface area contributed by atoms with E-state index in [1.54, 1.807) is 12.1 Å². The van der Waals surface area contributed by atoms with E-state index < -0.39 is 41.7 Å². The molecule has 0 aliphatic heterocycles. The van der Waals surface area contributed by atoms with Gasteiger partial charge in [-0.3, -0.25) is 19.7 Å². The molecule has 0 saturated heterocycles. The summed E-state index contributed by atoms with van der Waals surface area (Å²) >= 11 is 0. The van der Waals surface area contributed by atoms with Gasteiger partial charge in [0.15, 0.2) is 13.2 Å². The highest BCUT2D eigenvalue weighted by molar-refractivity contribution is 5.98. The largest absolute Gasteiger partial charge is 0.494 e. The molecule has 0 fully saturated rings.